The minimum absolute atomic E-state index is 0.288. The Morgan fingerprint density at radius 2 is 2.33 bits per heavy atom. The molecule has 0 saturated carbocycles. The van der Waals surface area contributed by atoms with E-state index < -0.39 is 0 Å². The van der Waals surface area contributed by atoms with Crippen molar-refractivity contribution in [2.45, 2.75) is 37.9 Å². The van der Waals surface area contributed by atoms with E-state index in [9.17, 15) is 0 Å². The Morgan fingerprint density at radius 3 is 2.80 bits per heavy atom. The number of hydrogen-bond donors (Lipinski definition) is 2. The molecule has 15 heavy (non-hydrogen) atoms. The molecule has 0 aromatic rings. The SMILES string of the molecule is CSCC(CCO)NC1CC(C)N(C)C1. The maximum absolute atomic E-state index is 8.98. The van der Waals surface area contributed by atoms with Crippen LogP contribution in [0.2, 0.25) is 0 Å². The number of likely N-dealkylation sites (tertiary alicyclic amines) is 1. The number of nitrogens with zero attached hydrogens (tertiary/aromatic N) is 1. The largest absolute Gasteiger partial charge is 0.396 e. The maximum Gasteiger partial charge on any atom is 0.0446 e. The van der Waals surface area contributed by atoms with Crippen LogP contribution in [0.15, 0.2) is 0 Å². The lowest BCUT2D eigenvalue weighted by Gasteiger charge is -2.21. The van der Waals surface area contributed by atoms with E-state index in [1.165, 1.54) is 6.42 Å². The first kappa shape index (κ1) is 13.3. The maximum atomic E-state index is 8.98. The van der Waals surface area contributed by atoms with Gasteiger partial charge in [-0.2, -0.15) is 11.8 Å². The van der Waals surface area contributed by atoms with Crippen molar-refractivity contribution in [3.63, 3.8) is 0 Å². The molecule has 0 amide bonds. The Morgan fingerprint density at radius 1 is 1.60 bits per heavy atom. The highest BCUT2D eigenvalue weighted by Crippen LogP contribution is 2.16. The fraction of sp³-hybridized carbons (Fsp3) is 1.00. The lowest BCUT2D eigenvalue weighted by atomic mass is 10.1. The molecule has 0 aromatic carbocycles. The van der Waals surface area contributed by atoms with Gasteiger partial charge in [-0.05, 0) is 33.1 Å². The smallest absolute Gasteiger partial charge is 0.0446 e. The van der Waals surface area contributed by atoms with Crippen LogP contribution in [0.5, 0.6) is 0 Å². The molecule has 0 aromatic heterocycles. The molecular formula is C11H24N2OS. The summed E-state index contributed by atoms with van der Waals surface area (Å²) >= 11 is 1.85. The monoisotopic (exact) mass is 232 g/mol. The Labute approximate surface area is 97.6 Å². The van der Waals surface area contributed by atoms with Crippen LogP contribution in [0.25, 0.3) is 0 Å². The van der Waals surface area contributed by atoms with E-state index in [2.05, 4.69) is 30.4 Å². The third-order valence-electron chi connectivity index (χ3n) is 3.20. The molecule has 90 valence electrons. The van der Waals surface area contributed by atoms with E-state index in [0.717, 1.165) is 18.7 Å². The fourth-order valence-corrected chi connectivity index (χ4v) is 2.88. The van der Waals surface area contributed by atoms with Gasteiger partial charge in [0.1, 0.15) is 0 Å². The van der Waals surface area contributed by atoms with Crippen LogP contribution in [0.3, 0.4) is 0 Å². The molecule has 1 saturated heterocycles. The third-order valence-corrected chi connectivity index (χ3v) is 3.94. The molecule has 1 fully saturated rings. The van der Waals surface area contributed by atoms with Gasteiger partial charge in [0.25, 0.3) is 0 Å². The average Bonchev–Trinajstić information content (AvgIpc) is 2.47. The van der Waals surface area contributed by atoms with Crippen molar-refractivity contribution in [1.29, 1.82) is 0 Å². The molecule has 3 nitrogen and oxygen atoms in total. The zero-order chi connectivity index (χ0) is 11.3. The van der Waals surface area contributed by atoms with Gasteiger partial charge in [0, 0.05) is 37.0 Å². The van der Waals surface area contributed by atoms with Gasteiger partial charge in [-0.3, -0.25) is 0 Å². The van der Waals surface area contributed by atoms with Crippen LogP contribution in [0, 0.1) is 0 Å². The summed E-state index contributed by atoms with van der Waals surface area (Å²) < 4.78 is 0. The summed E-state index contributed by atoms with van der Waals surface area (Å²) in [6, 6.07) is 1.76. The normalized spacial score (nSPS) is 29.6. The van der Waals surface area contributed by atoms with Crippen LogP contribution in [0.1, 0.15) is 19.8 Å². The van der Waals surface area contributed by atoms with E-state index in [-0.39, 0.29) is 6.61 Å². The van der Waals surface area contributed by atoms with Crippen molar-refractivity contribution in [3.8, 4) is 0 Å². The van der Waals surface area contributed by atoms with E-state index in [4.69, 9.17) is 5.11 Å². The highest BCUT2D eigenvalue weighted by molar-refractivity contribution is 7.98. The van der Waals surface area contributed by atoms with E-state index in [0.29, 0.717) is 18.1 Å². The molecule has 0 aliphatic carbocycles. The molecule has 0 radical (unpaired) electrons. The summed E-state index contributed by atoms with van der Waals surface area (Å²) in [5.74, 6) is 1.09. The van der Waals surface area contributed by atoms with Crippen molar-refractivity contribution < 1.29 is 5.11 Å². The minimum atomic E-state index is 0.288. The van der Waals surface area contributed by atoms with Crippen molar-refractivity contribution in [3.05, 3.63) is 0 Å². The van der Waals surface area contributed by atoms with Gasteiger partial charge < -0.3 is 15.3 Å². The van der Waals surface area contributed by atoms with E-state index in [1.54, 1.807) is 0 Å². The van der Waals surface area contributed by atoms with Gasteiger partial charge in [-0.15, -0.1) is 0 Å². The topological polar surface area (TPSA) is 35.5 Å². The lowest BCUT2D eigenvalue weighted by molar-refractivity contribution is 0.263. The Balaban J connectivity index is 2.31. The second-order valence-corrected chi connectivity index (χ2v) is 5.46. The molecule has 3 atom stereocenters. The zero-order valence-corrected chi connectivity index (χ0v) is 10.9. The predicted molar refractivity (Wildman–Crippen MR) is 67.5 cm³/mol. The molecule has 0 spiro atoms. The van der Waals surface area contributed by atoms with Gasteiger partial charge in [-0.25, -0.2) is 0 Å². The summed E-state index contributed by atoms with van der Waals surface area (Å²) in [6.07, 6.45) is 4.22. The van der Waals surface area contributed by atoms with Crippen LogP contribution >= 0.6 is 11.8 Å². The van der Waals surface area contributed by atoms with Gasteiger partial charge in [-0.1, -0.05) is 0 Å². The summed E-state index contributed by atoms with van der Waals surface area (Å²) in [5, 5.41) is 12.6. The first-order valence-corrected chi connectivity index (χ1v) is 7.12. The lowest BCUT2D eigenvalue weighted by Crippen LogP contribution is -2.41. The molecule has 2 N–H and O–H groups in total. The van der Waals surface area contributed by atoms with Crippen molar-refractivity contribution in [2.24, 2.45) is 0 Å². The number of thioether (sulfide) groups is 1. The molecule has 1 heterocycles. The standard InChI is InChI=1S/C11H24N2OS/c1-9-6-11(7-13(9)2)12-10(4-5-14)8-15-3/h9-12,14H,4-8H2,1-3H3. The molecule has 4 heteroatoms. The summed E-state index contributed by atoms with van der Waals surface area (Å²) in [6.45, 7) is 3.70. The van der Waals surface area contributed by atoms with E-state index in [1.807, 2.05) is 11.8 Å². The number of likely N-dealkylation sites (N-methyl/N-ethyl adjacent to an activating group) is 1. The Bertz CT molecular complexity index is 164. The van der Waals surface area contributed by atoms with Crippen molar-refractivity contribution in [1.82, 2.24) is 10.2 Å². The Hall–Kier alpha value is 0.230. The van der Waals surface area contributed by atoms with Gasteiger partial charge in [0.2, 0.25) is 0 Å². The number of aliphatic hydroxyl groups excluding tert-OH is 1. The summed E-state index contributed by atoms with van der Waals surface area (Å²) in [4.78, 5) is 2.40. The van der Waals surface area contributed by atoms with Crippen molar-refractivity contribution in [2.75, 3.05) is 32.2 Å². The minimum Gasteiger partial charge on any atom is -0.396 e. The summed E-state index contributed by atoms with van der Waals surface area (Å²) in [5.41, 5.74) is 0. The molecule has 0 bridgehead atoms. The van der Waals surface area contributed by atoms with Crippen LogP contribution < -0.4 is 5.32 Å². The fourth-order valence-electron chi connectivity index (χ4n) is 2.22. The van der Waals surface area contributed by atoms with Crippen LogP contribution in [-0.4, -0.2) is 60.3 Å². The molecule has 1 aliphatic rings. The quantitative estimate of drug-likeness (QED) is 0.709. The summed E-state index contributed by atoms with van der Waals surface area (Å²) in [7, 11) is 2.18. The highest BCUT2D eigenvalue weighted by atomic mass is 32.2. The molecular weight excluding hydrogens is 208 g/mol. The third kappa shape index (κ3) is 4.31. The van der Waals surface area contributed by atoms with Gasteiger partial charge in [0.05, 0.1) is 0 Å². The van der Waals surface area contributed by atoms with Gasteiger partial charge in [0.15, 0.2) is 0 Å². The first-order chi connectivity index (χ1) is 7.17. The zero-order valence-electron chi connectivity index (χ0n) is 10.1. The van der Waals surface area contributed by atoms with Crippen LogP contribution in [-0.2, 0) is 0 Å². The van der Waals surface area contributed by atoms with Crippen molar-refractivity contribution >= 4 is 11.8 Å². The van der Waals surface area contributed by atoms with Gasteiger partial charge >= 0.3 is 0 Å². The average molecular weight is 232 g/mol. The second-order valence-electron chi connectivity index (χ2n) is 4.55. The molecule has 3 unspecified atom stereocenters. The molecule has 1 rings (SSSR count). The number of hydrogen-bond acceptors (Lipinski definition) is 4. The predicted octanol–water partition coefficient (Wildman–Crippen LogP) is 0.783. The Kier molecular flexibility index (Phi) is 5.97. The second kappa shape index (κ2) is 6.74. The number of nitrogens with one attached hydrogen (secondary N) is 1. The first-order valence-electron chi connectivity index (χ1n) is 5.73. The highest BCUT2D eigenvalue weighted by Gasteiger charge is 2.27. The molecule has 1 aliphatic heterocycles. The van der Waals surface area contributed by atoms with Crippen LogP contribution in [0.4, 0.5) is 0 Å². The number of aliphatic hydroxyl groups is 1. The number of rotatable bonds is 6. The van der Waals surface area contributed by atoms with E-state index >= 15 is 0 Å².